The molecule has 1 fully saturated rings. The number of hydrazone groups is 1. The topological polar surface area (TPSA) is 41.5 Å². The Morgan fingerprint density at radius 2 is 1.43 bits per heavy atom. The maximum atomic E-state index is 13.2. The Bertz CT molecular complexity index is 957. The van der Waals surface area contributed by atoms with Gasteiger partial charge in [0.25, 0.3) is 0 Å². The Balaban J connectivity index is 1.58. The van der Waals surface area contributed by atoms with E-state index >= 15 is 0 Å². The summed E-state index contributed by atoms with van der Waals surface area (Å²) in [5, 5.41) is 4.56. The number of nitrogens with one attached hydrogen (secondary N) is 1. The molecular weight excluding hydrogens is 368 g/mol. The van der Waals surface area contributed by atoms with Gasteiger partial charge >= 0.3 is 0 Å². The molecule has 1 amide bonds. The van der Waals surface area contributed by atoms with Gasteiger partial charge in [0.15, 0.2) is 0 Å². The fourth-order valence-electron chi connectivity index (χ4n) is 4.30. The van der Waals surface area contributed by atoms with Crippen molar-refractivity contribution in [2.75, 3.05) is 0 Å². The predicted molar refractivity (Wildman–Crippen MR) is 122 cm³/mol. The zero-order chi connectivity index (χ0) is 20.8. The molecule has 0 radical (unpaired) electrons. The molecule has 0 spiro atoms. The second kappa shape index (κ2) is 9.08. The van der Waals surface area contributed by atoms with Crippen LogP contribution in [0, 0.1) is 5.92 Å². The predicted octanol–water partition coefficient (Wildman–Crippen LogP) is 5.70. The largest absolute Gasteiger partial charge is 0.273 e. The molecule has 0 unspecified atom stereocenters. The third-order valence-corrected chi connectivity index (χ3v) is 6.03. The third kappa shape index (κ3) is 4.06. The normalized spacial score (nSPS) is 17.4. The van der Waals surface area contributed by atoms with Crippen molar-refractivity contribution < 1.29 is 4.79 Å². The molecule has 1 aliphatic rings. The van der Waals surface area contributed by atoms with Crippen LogP contribution in [0.1, 0.15) is 49.3 Å². The highest BCUT2D eigenvalue weighted by Gasteiger charge is 2.60. The summed E-state index contributed by atoms with van der Waals surface area (Å²) in [7, 11) is 0. The number of benzene rings is 3. The molecule has 4 rings (SSSR count). The van der Waals surface area contributed by atoms with Crippen molar-refractivity contribution in [2.24, 2.45) is 11.0 Å². The van der Waals surface area contributed by atoms with Gasteiger partial charge in [-0.3, -0.25) is 4.79 Å². The molecule has 3 heteroatoms. The first-order valence-electron chi connectivity index (χ1n) is 10.8. The van der Waals surface area contributed by atoms with Gasteiger partial charge < -0.3 is 0 Å². The monoisotopic (exact) mass is 396 g/mol. The summed E-state index contributed by atoms with van der Waals surface area (Å²) in [4.78, 5) is 13.2. The fraction of sp³-hybridized carbons (Fsp3) is 0.259. The number of carbonyl (C=O) groups excluding carboxylic acids is 1. The average Bonchev–Trinajstić information content (AvgIpc) is 3.58. The highest BCUT2D eigenvalue weighted by atomic mass is 16.2. The van der Waals surface area contributed by atoms with Gasteiger partial charge in [-0.05, 0) is 36.0 Å². The molecule has 1 atom stereocenters. The minimum atomic E-state index is -0.265. The Labute approximate surface area is 178 Å². The summed E-state index contributed by atoms with van der Waals surface area (Å²) in [6.45, 7) is 2.17. The van der Waals surface area contributed by atoms with Gasteiger partial charge in [0.2, 0.25) is 5.91 Å². The highest BCUT2D eigenvalue weighted by molar-refractivity contribution is 6.01. The fourth-order valence-corrected chi connectivity index (χ4v) is 4.30. The van der Waals surface area contributed by atoms with Gasteiger partial charge in [0.05, 0.1) is 11.6 Å². The summed E-state index contributed by atoms with van der Waals surface area (Å²) < 4.78 is 0. The van der Waals surface area contributed by atoms with Crippen LogP contribution in [-0.4, -0.2) is 11.6 Å². The molecule has 0 bridgehead atoms. The Morgan fingerprint density at radius 1 is 0.900 bits per heavy atom. The molecule has 0 aromatic heterocycles. The first-order valence-corrected chi connectivity index (χ1v) is 10.8. The van der Waals surface area contributed by atoms with Crippen LogP contribution < -0.4 is 5.43 Å². The molecule has 3 aromatic rings. The number of carbonyl (C=O) groups is 1. The van der Waals surface area contributed by atoms with E-state index < -0.39 is 0 Å². The van der Waals surface area contributed by atoms with Gasteiger partial charge in [0, 0.05) is 5.41 Å². The first kappa shape index (κ1) is 20.1. The van der Waals surface area contributed by atoms with Crippen molar-refractivity contribution in [1.82, 2.24) is 5.43 Å². The van der Waals surface area contributed by atoms with E-state index in [4.69, 9.17) is 0 Å². The van der Waals surface area contributed by atoms with E-state index in [1.54, 1.807) is 0 Å². The molecule has 1 aliphatic carbocycles. The molecule has 0 heterocycles. The van der Waals surface area contributed by atoms with Crippen LogP contribution in [0.4, 0.5) is 0 Å². The van der Waals surface area contributed by atoms with E-state index in [2.05, 4.69) is 53.8 Å². The molecule has 1 N–H and O–H groups in total. The van der Waals surface area contributed by atoms with E-state index in [-0.39, 0.29) is 17.2 Å². The molecule has 152 valence electrons. The molecule has 0 saturated heterocycles. The Kier molecular flexibility index (Phi) is 6.08. The van der Waals surface area contributed by atoms with Gasteiger partial charge in [-0.15, -0.1) is 0 Å². The third-order valence-electron chi connectivity index (χ3n) is 6.03. The van der Waals surface area contributed by atoms with Crippen molar-refractivity contribution in [2.45, 2.75) is 38.0 Å². The Hall–Kier alpha value is -3.20. The minimum absolute atomic E-state index is 0.00682. The van der Waals surface area contributed by atoms with Gasteiger partial charge in [-0.25, -0.2) is 5.43 Å². The number of amides is 1. The summed E-state index contributed by atoms with van der Waals surface area (Å²) >= 11 is 0. The number of hydrogen-bond acceptors (Lipinski definition) is 2. The summed E-state index contributed by atoms with van der Waals surface area (Å²) in [5.41, 5.74) is 7.02. The molecule has 1 saturated carbocycles. The van der Waals surface area contributed by atoms with Crippen LogP contribution in [0.25, 0.3) is 0 Å². The quantitative estimate of drug-likeness (QED) is 0.385. The molecule has 3 aromatic carbocycles. The summed E-state index contributed by atoms with van der Waals surface area (Å²) in [5.74, 6) is -0.123. The van der Waals surface area contributed by atoms with Crippen molar-refractivity contribution in [3.05, 3.63) is 108 Å². The van der Waals surface area contributed by atoms with Crippen molar-refractivity contribution >= 4 is 11.6 Å². The minimum Gasteiger partial charge on any atom is -0.273 e. The molecule has 3 nitrogen and oxygen atoms in total. The van der Waals surface area contributed by atoms with Crippen molar-refractivity contribution in [3.63, 3.8) is 0 Å². The van der Waals surface area contributed by atoms with Crippen molar-refractivity contribution in [1.29, 1.82) is 0 Å². The highest BCUT2D eigenvalue weighted by Crippen LogP contribution is 2.58. The van der Waals surface area contributed by atoms with Gasteiger partial charge in [-0.2, -0.15) is 5.10 Å². The zero-order valence-corrected chi connectivity index (χ0v) is 17.4. The number of hydrogen-bond donors (Lipinski definition) is 1. The maximum Gasteiger partial charge on any atom is 0.244 e. The summed E-state index contributed by atoms with van der Waals surface area (Å²) in [6.07, 6.45) is 3.80. The van der Waals surface area contributed by atoms with E-state index in [1.807, 2.05) is 54.6 Å². The van der Waals surface area contributed by atoms with Gasteiger partial charge in [0.1, 0.15) is 0 Å². The number of unbranched alkanes of at least 4 members (excludes halogenated alkanes) is 1. The van der Waals surface area contributed by atoms with Crippen LogP contribution in [0.3, 0.4) is 0 Å². The van der Waals surface area contributed by atoms with Crippen LogP contribution in [0.15, 0.2) is 96.1 Å². The molecule has 0 aliphatic heterocycles. The smallest absolute Gasteiger partial charge is 0.244 e. The molecular formula is C27H28N2O. The number of nitrogens with zero attached hydrogens (tertiary/aromatic N) is 1. The van der Waals surface area contributed by atoms with Crippen molar-refractivity contribution in [3.8, 4) is 0 Å². The second-order valence-corrected chi connectivity index (χ2v) is 7.96. The van der Waals surface area contributed by atoms with E-state index in [0.717, 1.165) is 37.0 Å². The lowest BCUT2D eigenvalue weighted by atomic mass is 9.85. The first-order chi connectivity index (χ1) is 14.8. The Morgan fingerprint density at radius 3 is 1.97 bits per heavy atom. The van der Waals surface area contributed by atoms with Crippen LogP contribution >= 0.6 is 0 Å². The van der Waals surface area contributed by atoms with E-state index in [9.17, 15) is 4.79 Å². The lowest BCUT2D eigenvalue weighted by Gasteiger charge is -2.18. The molecule has 30 heavy (non-hydrogen) atoms. The standard InChI is InChI=1S/C27H28N2O/c1-2-3-19-25(21-13-7-4-8-14-21)28-29-26(30)24-20-27(24,22-15-9-5-10-16-22)23-17-11-6-12-18-23/h4-18,24H,2-3,19-20H2,1H3,(H,29,30)/b28-25+/t24-/m1/s1. The lowest BCUT2D eigenvalue weighted by molar-refractivity contribution is -0.122. The number of rotatable bonds is 8. The van der Waals surface area contributed by atoms with Gasteiger partial charge in [-0.1, -0.05) is 104 Å². The maximum absolute atomic E-state index is 13.2. The average molecular weight is 397 g/mol. The van der Waals surface area contributed by atoms with Crippen LogP contribution in [0.2, 0.25) is 0 Å². The van der Waals surface area contributed by atoms with E-state index in [1.165, 1.54) is 11.1 Å². The van der Waals surface area contributed by atoms with E-state index in [0.29, 0.717) is 0 Å². The second-order valence-electron chi connectivity index (χ2n) is 7.96. The van der Waals surface area contributed by atoms with Crippen LogP contribution in [0.5, 0.6) is 0 Å². The lowest BCUT2D eigenvalue weighted by Crippen LogP contribution is -2.26. The van der Waals surface area contributed by atoms with Crippen LogP contribution in [-0.2, 0) is 10.2 Å². The zero-order valence-electron chi connectivity index (χ0n) is 17.4. The SMILES string of the molecule is CCCC/C(=N\NC(=O)[C@H]1CC1(c1ccccc1)c1ccccc1)c1ccccc1. The summed E-state index contributed by atoms with van der Waals surface area (Å²) in [6, 6.07) is 30.8.